The van der Waals surface area contributed by atoms with Crippen molar-refractivity contribution in [2.45, 2.75) is 25.7 Å². The molecule has 3 rings (SSSR count). The van der Waals surface area contributed by atoms with Crippen molar-refractivity contribution in [3.05, 3.63) is 21.9 Å². The van der Waals surface area contributed by atoms with E-state index in [-0.39, 0.29) is 0 Å². The summed E-state index contributed by atoms with van der Waals surface area (Å²) in [5.74, 6) is 0. The predicted octanol–water partition coefficient (Wildman–Crippen LogP) is 2.11. The van der Waals surface area contributed by atoms with Crippen LogP contribution in [0, 0.1) is 0 Å². The maximum absolute atomic E-state index is 2.63. The lowest BCUT2D eigenvalue weighted by Gasteiger charge is -2.32. The molecule has 5 heteroatoms. The molecule has 0 spiro atoms. The van der Waals surface area contributed by atoms with Gasteiger partial charge >= 0.3 is 0 Å². The molecule has 4 nitrogen and oxygen atoms in total. The van der Waals surface area contributed by atoms with E-state index in [1.165, 1.54) is 91.1 Å². The van der Waals surface area contributed by atoms with Crippen molar-refractivity contribution in [3.8, 4) is 0 Å². The normalized spacial score (nSPS) is 21.8. The Hall–Kier alpha value is -0.460. The molecule has 0 atom stereocenters. The minimum Gasteiger partial charge on any atom is -0.304 e. The topological polar surface area (TPSA) is 13.0 Å². The second-order valence-corrected chi connectivity index (χ2v) is 8.91. The number of aryl methyl sites for hydroxylation is 2. The molecule has 2 aliphatic heterocycles. The Morgan fingerprint density at radius 1 is 0.760 bits per heavy atom. The van der Waals surface area contributed by atoms with E-state index in [2.05, 4.69) is 45.1 Å². The molecule has 0 amide bonds. The van der Waals surface area contributed by atoms with E-state index in [0.717, 1.165) is 0 Å². The zero-order chi connectivity index (χ0) is 17.5. The Bertz CT molecular complexity index is 445. The summed E-state index contributed by atoms with van der Waals surface area (Å²) in [5, 5.41) is 2.40. The zero-order valence-electron chi connectivity index (χ0n) is 16.3. The molecule has 0 bridgehead atoms. The molecule has 0 radical (unpaired) electrons. The van der Waals surface area contributed by atoms with Crippen molar-refractivity contribution < 1.29 is 0 Å². The summed E-state index contributed by atoms with van der Waals surface area (Å²) < 4.78 is 0. The van der Waals surface area contributed by atoms with Gasteiger partial charge in [0.2, 0.25) is 0 Å². The van der Waals surface area contributed by atoms with Crippen LogP contribution < -0.4 is 0 Å². The second kappa shape index (κ2) is 10.0. The highest BCUT2D eigenvalue weighted by molar-refractivity contribution is 7.10. The molecule has 3 heterocycles. The van der Waals surface area contributed by atoms with E-state index >= 15 is 0 Å². The summed E-state index contributed by atoms with van der Waals surface area (Å²) in [6.07, 6.45) is 5.13. The molecule has 0 N–H and O–H groups in total. The first kappa shape index (κ1) is 19.3. The van der Waals surface area contributed by atoms with Crippen molar-refractivity contribution in [2.75, 3.05) is 79.5 Å². The lowest BCUT2D eigenvalue weighted by atomic mass is 10.1. The van der Waals surface area contributed by atoms with Crippen LogP contribution in [0.2, 0.25) is 0 Å². The van der Waals surface area contributed by atoms with Crippen LogP contribution in [-0.4, -0.2) is 99.1 Å². The van der Waals surface area contributed by atoms with E-state index in [4.69, 9.17) is 0 Å². The van der Waals surface area contributed by atoms with Gasteiger partial charge in [0.1, 0.15) is 0 Å². The van der Waals surface area contributed by atoms with Gasteiger partial charge in [-0.05, 0) is 69.9 Å². The summed E-state index contributed by atoms with van der Waals surface area (Å²) >= 11 is 1.98. The molecule has 0 aromatic carbocycles. The Morgan fingerprint density at radius 3 is 1.84 bits per heavy atom. The standard InChI is InChI=1S/C20H36N4S/c1-21-9-13-23(14-10-21)7-3-5-19-17-20(25-18-19)6-4-8-24-15-11-22(2)12-16-24/h17-18H,3-16H2,1-2H3. The Morgan fingerprint density at radius 2 is 1.28 bits per heavy atom. The first-order chi connectivity index (χ1) is 12.2. The highest BCUT2D eigenvalue weighted by atomic mass is 32.1. The van der Waals surface area contributed by atoms with Gasteiger partial charge in [-0.1, -0.05) is 0 Å². The maximum atomic E-state index is 2.63. The summed E-state index contributed by atoms with van der Waals surface area (Å²) in [6.45, 7) is 12.5. The van der Waals surface area contributed by atoms with Crippen LogP contribution in [0.1, 0.15) is 23.3 Å². The summed E-state index contributed by atoms with van der Waals surface area (Å²) in [4.78, 5) is 11.7. The van der Waals surface area contributed by atoms with E-state index in [9.17, 15) is 0 Å². The number of rotatable bonds is 8. The van der Waals surface area contributed by atoms with Gasteiger partial charge in [-0.25, -0.2) is 0 Å². The Labute approximate surface area is 158 Å². The molecule has 0 saturated carbocycles. The monoisotopic (exact) mass is 364 g/mol. The summed E-state index contributed by atoms with van der Waals surface area (Å²) in [7, 11) is 4.46. The second-order valence-electron chi connectivity index (χ2n) is 7.92. The fourth-order valence-electron chi connectivity index (χ4n) is 3.82. The van der Waals surface area contributed by atoms with Gasteiger partial charge in [-0.2, -0.15) is 0 Å². The number of piperazine rings is 2. The molecule has 1 aromatic rings. The molecule has 1 aromatic heterocycles. The quantitative estimate of drug-likeness (QED) is 0.700. The van der Waals surface area contributed by atoms with Crippen molar-refractivity contribution in [3.63, 3.8) is 0 Å². The van der Waals surface area contributed by atoms with E-state index in [0.29, 0.717) is 0 Å². The van der Waals surface area contributed by atoms with Crippen LogP contribution in [0.25, 0.3) is 0 Å². The lowest BCUT2D eigenvalue weighted by Crippen LogP contribution is -2.44. The van der Waals surface area contributed by atoms with Crippen LogP contribution in [0.4, 0.5) is 0 Å². The molecule has 142 valence electrons. The number of likely N-dealkylation sites (N-methyl/N-ethyl adjacent to an activating group) is 2. The van der Waals surface area contributed by atoms with Gasteiger partial charge in [0.25, 0.3) is 0 Å². The van der Waals surface area contributed by atoms with Gasteiger partial charge in [-0.3, -0.25) is 0 Å². The average molecular weight is 365 g/mol. The molecule has 2 fully saturated rings. The third-order valence-corrected chi connectivity index (χ3v) is 6.78. The van der Waals surface area contributed by atoms with Gasteiger partial charge in [-0.15, -0.1) is 11.3 Å². The fraction of sp³-hybridized carbons (Fsp3) is 0.800. The SMILES string of the molecule is CN1CCN(CCCc2csc(CCCN3CCN(C)CC3)c2)CC1. The Balaban J connectivity index is 1.28. The average Bonchev–Trinajstić information content (AvgIpc) is 3.06. The van der Waals surface area contributed by atoms with Crippen molar-refractivity contribution in [1.82, 2.24) is 19.6 Å². The van der Waals surface area contributed by atoms with Crippen molar-refractivity contribution in [1.29, 1.82) is 0 Å². The minimum absolute atomic E-state index is 1.23. The third-order valence-electron chi connectivity index (χ3n) is 5.74. The Kier molecular flexibility index (Phi) is 7.74. The molecule has 0 unspecified atom stereocenters. The largest absolute Gasteiger partial charge is 0.304 e. The highest BCUT2D eigenvalue weighted by Gasteiger charge is 2.14. The van der Waals surface area contributed by atoms with E-state index < -0.39 is 0 Å². The van der Waals surface area contributed by atoms with Crippen LogP contribution >= 0.6 is 11.3 Å². The third kappa shape index (κ3) is 6.65. The first-order valence-electron chi connectivity index (χ1n) is 10.1. The van der Waals surface area contributed by atoms with Crippen LogP contribution in [0.5, 0.6) is 0 Å². The highest BCUT2D eigenvalue weighted by Crippen LogP contribution is 2.18. The molecule has 0 aliphatic carbocycles. The number of nitrogens with zero attached hydrogens (tertiary/aromatic N) is 4. The number of hydrogen-bond acceptors (Lipinski definition) is 5. The first-order valence-corrected chi connectivity index (χ1v) is 10.9. The van der Waals surface area contributed by atoms with E-state index in [1.807, 2.05) is 11.3 Å². The van der Waals surface area contributed by atoms with Gasteiger partial charge in [0.15, 0.2) is 0 Å². The maximum Gasteiger partial charge on any atom is 0.0110 e. The van der Waals surface area contributed by atoms with Gasteiger partial charge in [0, 0.05) is 57.2 Å². The van der Waals surface area contributed by atoms with Crippen molar-refractivity contribution >= 4 is 11.3 Å². The minimum atomic E-state index is 1.23. The van der Waals surface area contributed by atoms with Crippen LogP contribution in [-0.2, 0) is 12.8 Å². The lowest BCUT2D eigenvalue weighted by molar-refractivity contribution is 0.153. The predicted molar refractivity (Wildman–Crippen MR) is 109 cm³/mol. The van der Waals surface area contributed by atoms with Crippen molar-refractivity contribution in [2.24, 2.45) is 0 Å². The summed E-state index contributed by atoms with van der Waals surface area (Å²) in [6, 6.07) is 2.47. The number of hydrogen-bond donors (Lipinski definition) is 0. The fourth-order valence-corrected chi connectivity index (χ4v) is 4.79. The molecular formula is C20H36N4S. The van der Waals surface area contributed by atoms with Gasteiger partial charge < -0.3 is 19.6 Å². The molecular weight excluding hydrogens is 328 g/mol. The molecule has 25 heavy (non-hydrogen) atoms. The summed E-state index contributed by atoms with van der Waals surface area (Å²) in [5.41, 5.74) is 1.56. The smallest absolute Gasteiger partial charge is 0.0110 e. The van der Waals surface area contributed by atoms with Crippen LogP contribution in [0.3, 0.4) is 0 Å². The number of thiophene rings is 1. The van der Waals surface area contributed by atoms with E-state index in [1.54, 1.807) is 10.4 Å². The molecule has 2 saturated heterocycles. The molecule has 2 aliphatic rings. The zero-order valence-corrected chi connectivity index (χ0v) is 17.1. The van der Waals surface area contributed by atoms with Gasteiger partial charge in [0.05, 0.1) is 0 Å². The van der Waals surface area contributed by atoms with Crippen LogP contribution in [0.15, 0.2) is 11.4 Å².